The predicted octanol–water partition coefficient (Wildman–Crippen LogP) is 0.763. The number of amides is 6. The van der Waals surface area contributed by atoms with E-state index in [0.717, 1.165) is 9.91 Å². The highest BCUT2D eigenvalue weighted by Gasteiger charge is 2.54. The molecule has 0 saturated carbocycles. The molecule has 2 aliphatic rings. The summed E-state index contributed by atoms with van der Waals surface area (Å²) in [5.74, 6) is -2.06. The molecule has 2 unspecified atom stereocenters. The molecule has 2 aliphatic heterocycles. The Kier molecular flexibility index (Phi) is 8.61. The number of carbonyl (C=O) groups is 5. The van der Waals surface area contributed by atoms with E-state index in [2.05, 4.69) is 26.1 Å². The van der Waals surface area contributed by atoms with Crippen LogP contribution >= 0.6 is 34.9 Å². The Hall–Kier alpha value is -3.83. The third kappa shape index (κ3) is 6.26. The van der Waals surface area contributed by atoms with Crippen molar-refractivity contribution in [2.24, 2.45) is 0 Å². The van der Waals surface area contributed by atoms with Crippen LogP contribution in [0.15, 0.2) is 39.9 Å². The number of phenols is 1. The lowest BCUT2D eigenvalue weighted by Gasteiger charge is -2.49. The van der Waals surface area contributed by atoms with E-state index in [1.54, 1.807) is 0 Å². The Bertz CT molecular complexity index is 1350. The van der Waals surface area contributed by atoms with Crippen molar-refractivity contribution < 1.29 is 34.2 Å². The maximum Gasteiger partial charge on any atom is 0.352 e. The van der Waals surface area contributed by atoms with E-state index in [4.69, 9.17) is 0 Å². The minimum atomic E-state index is -1.33. The number of urea groups is 2. The monoisotopic (exact) mass is 593 g/mol. The highest BCUT2D eigenvalue weighted by molar-refractivity contribution is 8.01. The fourth-order valence-electron chi connectivity index (χ4n) is 3.82. The van der Waals surface area contributed by atoms with Crippen LogP contribution in [0, 0.1) is 6.92 Å². The van der Waals surface area contributed by atoms with E-state index in [1.807, 2.05) is 12.2 Å². The van der Waals surface area contributed by atoms with Gasteiger partial charge in [-0.25, -0.2) is 14.4 Å². The summed E-state index contributed by atoms with van der Waals surface area (Å²) in [6.45, 7) is 1.81. The molecule has 0 bridgehead atoms. The van der Waals surface area contributed by atoms with Crippen molar-refractivity contribution in [3.63, 3.8) is 0 Å². The van der Waals surface area contributed by atoms with E-state index >= 15 is 0 Å². The van der Waals surface area contributed by atoms with Crippen molar-refractivity contribution in [2.75, 3.05) is 18.6 Å². The van der Waals surface area contributed by atoms with Gasteiger partial charge in [0.15, 0.2) is 4.34 Å². The number of carbonyl (C=O) groups excluding carboxylic acids is 4. The van der Waals surface area contributed by atoms with Gasteiger partial charge in [-0.2, -0.15) is 0 Å². The van der Waals surface area contributed by atoms with Gasteiger partial charge in [0.25, 0.3) is 5.91 Å². The summed E-state index contributed by atoms with van der Waals surface area (Å²) in [7, 11) is 1.31. The Morgan fingerprint density at radius 3 is 2.51 bits per heavy atom. The zero-order valence-corrected chi connectivity index (χ0v) is 22.9. The number of hydrogen-bond donors (Lipinski definition) is 6. The molecule has 6 amide bonds. The molecule has 1 aromatic carbocycles. The molecule has 1 saturated heterocycles. The van der Waals surface area contributed by atoms with Gasteiger partial charge in [0.2, 0.25) is 5.91 Å². The van der Waals surface area contributed by atoms with Crippen LogP contribution in [0.4, 0.5) is 9.59 Å². The number of benzene rings is 1. The van der Waals surface area contributed by atoms with Crippen molar-refractivity contribution in [1.29, 1.82) is 0 Å². The van der Waals surface area contributed by atoms with Crippen molar-refractivity contribution in [3.05, 3.63) is 46.1 Å². The fraction of sp³-hybridized carbons (Fsp3) is 0.318. The SMILES string of the molecule is CNC(=O)NC(=O)NC(C(=O)NC1C(=O)N2C(C(=O)O)=C(CSc3nnc(C)s3)CS[C@@H]12)c1ccc(O)cc1. The average molecular weight is 594 g/mol. The number of β-lactam (4-membered cyclic amide) rings is 1. The van der Waals surface area contributed by atoms with Crippen LogP contribution in [0.3, 0.4) is 0 Å². The summed E-state index contributed by atoms with van der Waals surface area (Å²) in [6.07, 6.45) is 0. The minimum Gasteiger partial charge on any atom is -0.508 e. The second kappa shape index (κ2) is 11.9. The number of thioether (sulfide) groups is 2. The largest absolute Gasteiger partial charge is 0.508 e. The lowest BCUT2D eigenvalue weighted by atomic mass is 10.0. The number of hydrogen-bond acceptors (Lipinski definition) is 11. The number of nitrogens with one attached hydrogen (secondary N) is 4. The standard InChI is InChI=1S/C22H23N7O7S3/c1-9-27-28-22(39-9)38-8-11-7-37-18-14(17(32)29(18)15(11)19(33)34)24-16(31)13(10-3-5-12(30)6-4-10)25-21(36)26-20(35)23-2/h3-6,13-14,18,30H,7-8H2,1-2H3,(H,24,31)(H,33,34)(H3,23,25,26,35,36)/t13?,14?,18-/m0/s1. The first-order valence-electron chi connectivity index (χ1n) is 11.3. The highest BCUT2D eigenvalue weighted by atomic mass is 32.2. The number of imide groups is 1. The molecule has 17 heteroatoms. The molecule has 0 radical (unpaired) electrons. The Morgan fingerprint density at radius 2 is 1.90 bits per heavy atom. The number of fused-ring (bicyclic) bond motifs is 1. The third-order valence-corrected chi connectivity index (χ3v) is 9.04. The van der Waals surface area contributed by atoms with Gasteiger partial charge < -0.3 is 26.2 Å². The van der Waals surface area contributed by atoms with Crippen molar-refractivity contribution in [2.45, 2.75) is 28.7 Å². The van der Waals surface area contributed by atoms with Crippen LogP contribution in [-0.2, 0) is 14.4 Å². The van der Waals surface area contributed by atoms with E-state index in [1.165, 1.54) is 66.2 Å². The first-order chi connectivity index (χ1) is 18.6. The first kappa shape index (κ1) is 28.2. The van der Waals surface area contributed by atoms with Crippen LogP contribution in [0.25, 0.3) is 0 Å². The van der Waals surface area contributed by atoms with Gasteiger partial charge >= 0.3 is 18.0 Å². The molecular formula is C22H23N7O7S3. The molecule has 4 rings (SSSR count). The van der Waals surface area contributed by atoms with Crippen LogP contribution in [0.2, 0.25) is 0 Å². The van der Waals surface area contributed by atoms with Crippen molar-refractivity contribution in [1.82, 2.24) is 36.4 Å². The minimum absolute atomic E-state index is 0.0700. The smallest absolute Gasteiger partial charge is 0.352 e. The number of aromatic hydroxyl groups is 1. The van der Waals surface area contributed by atoms with Gasteiger partial charge in [-0.05, 0) is 30.2 Å². The Morgan fingerprint density at radius 1 is 1.18 bits per heavy atom. The molecular weight excluding hydrogens is 570 g/mol. The number of rotatable bonds is 8. The van der Waals surface area contributed by atoms with E-state index in [0.29, 0.717) is 21.4 Å². The van der Waals surface area contributed by atoms with Gasteiger partial charge in [0, 0.05) is 18.6 Å². The molecule has 14 nitrogen and oxygen atoms in total. The third-order valence-electron chi connectivity index (χ3n) is 5.64. The molecule has 6 N–H and O–H groups in total. The molecule has 3 atom stereocenters. The fourth-order valence-corrected chi connectivity index (χ4v) is 7.12. The Balaban J connectivity index is 1.49. The summed E-state index contributed by atoms with van der Waals surface area (Å²) in [5, 5.41) is 36.7. The second-order valence-corrected chi connectivity index (χ2v) is 11.7. The van der Waals surface area contributed by atoms with Crippen LogP contribution < -0.4 is 21.3 Å². The highest BCUT2D eigenvalue weighted by Crippen LogP contribution is 2.42. The van der Waals surface area contributed by atoms with Gasteiger partial charge in [-0.1, -0.05) is 35.2 Å². The van der Waals surface area contributed by atoms with E-state index in [-0.39, 0.29) is 17.0 Å². The van der Waals surface area contributed by atoms with E-state index < -0.39 is 47.3 Å². The summed E-state index contributed by atoms with van der Waals surface area (Å²) in [6, 6.07) is 1.28. The van der Waals surface area contributed by atoms with Crippen molar-refractivity contribution in [3.8, 4) is 5.75 Å². The number of carboxylic acids is 1. The quantitative estimate of drug-likeness (QED) is 0.186. The van der Waals surface area contributed by atoms with Gasteiger partial charge in [-0.3, -0.25) is 19.8 Å². The van der Waals surface area contributed by atoms with E-state index in [9.17, 15) is 34.2 Å². The lowest BCUT2D eigenvalue weighted by molar-refractivity contribution is -0.151. The maximum absolute atomic E-state index is 13.2. The number of aromatic nitrogens is 2. The summed E-state index contributed by atoms with van der Waals surface area (Å²) in [5.41, 5.74) is 0.699. The molecule has 1 aromatic heterocycles. The van der Waals surface area contributed by atoms with Crippen LogP contribution in [0.1, 0.15) is 16.6 Å². The number of nitrogens with zero attached hydrogens (tertiary/aromatic N) is 3. The molecule has 206 valence electrons. The molecule has 39 heavy (non-hydrogen) atoms. The van der Waals surface area contributed by atoms with Gasteiger partial charge in [0.1, 0.15) is 33.9 Å². The number of carboxylic acid groups (broad SMARTS) is 1. The average Bonchev–Trinajstić information content (AvgIpc) is 3.33. The van der Waals surface area contributed by atoms with Crippen molar-refractivity contribution >= 4 is 64.7 Å². The first-order valence-corrected chi connectivity index (χ1v) is 14.2. The zero-order chi connectivity index (χ0) is 28.3. The van der Waals surface area contributed by atoms with Crippen LogP contribution in [-0.4, -0.2) is 85.1 Å². The topological polar surface area (TPSA) is 203 Å². The second-order valence-electron chi connectivity index (χ2n) is 8.23. The Labute approximate surface area is 234 Å². The van der Waals surface area contributed by atoms with Crippen LogP contribution in [0.5, 0.6) is 5.75 Å². The molecule has 0 spiro atoms. The summed E-state index contributed by atoms with van der Waals surface area (Å²) < 4.78 is 0.685. The molecule has 0 aliphatic carbocycles. The number of aryl methyl sites for hydroxylation is 1. The molecule has 1 fully saturated rings. The number of aliphatic carboxylic acids is 1. The normalized spacial score (nSPS) is 18.9. The molecule has 2 aromatic rings. The number of phenolic OH excluding ortho intramolecular Hbond substituents is 1. The molecule has 3 heterocycles. The predicted molar refractivity (Wildman–Crippen MR) is 142 cm³/mol. The van der Waals surface area contributed by atoms with Gasteiger partial charge in [0.05, 0.1) is 0 Å². The lowest BCUT2D eigenvalue weighted by Crippen LogP contribution is -2.71. The maximum atomic E-state index is 13.2. The summed E-state index contributed by atoms with van der Waals surface area (Å²) >= 11 is 4.03. The van der Waals surface area contributed by atoms with Gasteiger partial charge in [-0.15, -0.1) is 22.0 Å². The summed E-state index contributed by atoms with van der Waals surface area (Å²) in [4.78, 5) is 63.4. The zero-order valence-electron chi connectivity index (χ0n) is 20.5.